The topological polar surface area (TPSA) is 67.6 Å². The zero-order valence-corrected chi connectivity index (χ0v) is 11.8. The van der Waals surface area contributed by atoms with Crippen molar-refractivity contribution in [1.82, 2.24) is 10.2 Å². The molecular formula is C13H27N3O2. The van der Waals surface area contributed by atoms with Crippen molar-refractivity contribution < 1.29 is 9.53 Å². The average Bonchev–Trinajstić information content (AvgIpc) is 2.31. The lowest BCUT2D eigenvalue weighted by Gasteiger charge is -2.33. The number of carbonyl (C=O) groups excluding carboxylic acids is 1. The predicted molar refractivity (Wildman–Crippen MR) is 72.3 cm³/mol. The van der Waals surface area contributed by atoms with E-state index in [4.69, 9.17) is 10.5 Å². The summed E-state index contributed by atoms with van der Waals surface area (Å²) >= 11 is 0. The molecule has 1 fully saturated rings. The second kappa shape index (κ2) is 7.71. The number of nitrogens with one attached hydrogen (secondary N) is 1. The predicted octanol–water partition coefficient (Wildman–Crippen LogP) is 0.197. The second-order valence-corrected chi connectivity index (χ2v) is 5.54. The standard InChI is InChI=1S/C13H27N3O2/c1-10(2)8-16-6-4-11(5-7-16)15-13(17)12(14)9-18-3/h10-12H,4-9,14H2,1-3H3,(H,15,17). The first-order chi connectivity index (χ1) is 8.52. The Bertz CT molecular complexity index is 251. The molecule has 3 N–H and O–H groups in total. The summed E-state index contributed by atoms with van der Waals surface area (Å²) in [5.41, 5.74) is 5.69. The highest BCUT2D eigenvalue weighted by molar-refractivity contribution is 5.81. The highest BCUT2D eigenvalue weighted by Crippen LogP contribution is 2.12. The van der Waals surface area contributed by atoms with Gasteiger partial charge in [0.15, 0.2) is 0 Å². The molecule has 106 valence electrons. The van der Waals surface area contributed by atoms with E-state index >= 15 is 0 Å². The van der Waals surface area contributed by atoms with E-state index < -0.39 is 6.04 Å². The van der Waals surface area contributed by atoms with Gasteiger partial charge in [0, 0.05) is 32.8 Å². The van der Waals surface area contributed by atoms with E-state index in [0.29, 0.717) is 5.92 Å². The molecule has 5 nitrogen and oxygen atoms in total. The summed E-state index contributed by atoms with van der Waals surface area (Å²) in [5.74, 6) is 0.602. The van der Waals surface area contributed by atoms with Crippen LogP contribution in [0.1, 0.15) is 26.7 Å². The number of rotatable bonds is 6. The number of carbonyl (C=O) groups is 1. The first kappa shape index (κ1) is 15.4. The first-order valence-electron chi connectivity index (χ1n) is 6.80. The molecular weight excluding hydrogens is 230 g/mol. The molecule has 1 aliphatic heterocycles. The summed E-state index contributed by atoms with van der Waals surface area (Å²) in [6.45, 7) is 8.00. The summed E-state index contributed by atoms with van der Waals surface area (Å²) in [6.07, 6.45) is 2.02. The number of nitrogens with two attached hydrogens (primary N) is 1. The third kappa shape index (κ3) is 5.33. The molecule has 1 amide bonds. The Balaban J connectivity index is 2.24. The normalized spacial score (nSPS) is 20.1. The number of likely N-dealkylation sites (tertiary alicyclic amines) is 1. The van der Waals surface area contributed by atoms with Crippen molar-refractivity contribution >= 4 is 5.91 Å². The van der Waals surface area contributed by atoms with Crippen molar-refractivity contribution in [3.63, 3.8) is 0 Å². The molecule has 0 aromatic rings. The molecule has 0 bridgehead atoms. The lowest BCUT2D eigenvalue weighted by molar-refractivity contribution is -0.124. The van der Waals surface area contributed by atoms with E-state index in [1.165, 1.54) is 0 Å². The molecule has 1 saturated heterocycles. The van der Waals surface area contributed by atoms with E-state index in [1.807, 2.05) is 0 Å². The Morgan fingerprint density at radius 3 is 2.56 bits per heavy atom. The zero-order chi connectivity index (χ0) is 13.5. The second-order valence-electron chi connectivity index (χ2n) is 5.54. The van der Waals surface area contributed by atoms with Crippen LogP contribution in [0.2, 0.25) is 0 Å². The molecule has 0 aromatic heterocycles. The summed E-state index contributed by atoms with van der Waals surface area (Å²) in [7, 11) is 1.55. The van der Waals surface area contributed by atoms with Gasteiger partial charge in [0.05, 0.1) is 6.61 Å². The molecule has 0 radical (unpaired) electrons. The minimum Gasteiger partial charge on any atom is -0.383 e. The molecule has 18 heavy (non-hydrogen) atoms. The maximum atomic E-state index is 11.7. The number of amides is 1. The SMILES string of the molecule is COCC(N)C(=O)NC1CCN(CC(C)C)CC1. The van der Waals surface area contributed by atoms with E-state index in [0.717, 1.165) is 32.5 Å². The van der Waals surface area contributed by atoms with Crippen LogP contribution in [-0.2, 0) is 9.53 Å². The monoisotopic (exact) mass is 257 g/mol. The van der Waals surface area contributed by atoms with E-state index in [-0.39, 0.29) is 18.6 Å². The minimum absolute atomic E-state index is 0.0980. The molecule has 1 rings (SSSR count). The van der Waals surface area contributed by atoms with Gasteiger partial charge in [0.25, 0.3) is 0 Å². The van der Waals surface area contributed by atoms with E-state index in [1.54, 1.807) is 7.11 Å². The van der Waals surface area contributed by atoms with Gasteiger partial charge < -0.3 is 20.7 Å². The third-order valence-electron chi connectivity index (χ3n) is 3.24. The molecule has 1 heterocycles. The third-order valence-corrected chi connectivity index (χ3v) is 3.24. The number of piperidine rings is 1. The number of hydrogen-bond donors (Lipinski definition) is 2. The largest absolute Gasteiger partial charge is 0.383 e. The molecule has 0 aromatic carbocycles. The Kier molecular flexibility index (Phi) is 6.60. The minimum atomic E-state index is -0.552. The number of methoxy groups -OCH3 is 1. The molecule has 1 aliphatic rings. The van der Waals surface area contributed by atoms with Crippen LogP contribution >= 0.6 is 0 Å². The van der Waals surface area contributed by atoms with Crippen LogP contribution in [0, 0.1) is 5.92 Å². The van der Waals surface area contributed by atoms with Gasteiger partial charge in [-0.3, -0.25) is 4.79 Å². The maximum Gasteiger partial charge on any atom is 0.239 e. The van der Waals surface area contributed by atoms with Gasteiger partial charge in [0.1, 0.15) is 6.04 Å². The molecule has 5 heteroatoms. The number of ether oxygens (including phenoxy) is 1. The molecule has 0 aliphatic carbocycles. The van der Waals surface area contributed by atoms with Crippen LogP contribution in [0.15, 0.2) is 0 Å². The Morgan fingerprint density at radius 2 is 2.06 bits per heavy atom. The quantitative estimate of drug-likeness (QED) is 0.713. The van der Waals surface area contributed by atoms with Crippen LogP contribution in [0.25, 0.3) is 0 Å². The van der Waals surface area contributed by atoms with E-state index in [2.05, 4.69) is 24.1 Å². The van der Waals surface area contributed by atoms with Crippen LogP contribution in [-0.4, -0.2) is 56.2 Å². The smallest absolute Gasteiger partial charge is 0.239 e. The van der Waals surface area contributed by atoms with Gasteiger partial charge in [-0.15, -0.1) is 0 Å². The van der Waals surface area contributed by atoms with Crippen molar-refractivity contribution in [3.8, 4) is 0 Å². The van der Waals surface area contributed by atoms with Crippen molar-refractivity contribution in [2.24, 2.45) is 11.7 Å². The van der Waals surface area contributed by atoms with Crippen molar-refractivity contribution in [1.29, 1.82) is 0 Å². The number of hydrogen-bond acceptors (Lipinski definition) is 4. The van der Waals surface area contributed by atoms with Gasteiger partial charge in [-0.2, -0.15) is 0 Å². The van der Waals surface area contributed by atoms with Crippen LogP contribution in [0.3, 0.4) is 0 Å². The lowest BCUT2D eigenvalue weighted by Crippen LogP contribution is -2.51. The maximum absolute atomic E-state index is 11.7. The van der Waals surface area contributed by atoms with Crippen LogP contribution in [0.4, 0.5) is 0 Å². The lowest BCUT2D eigenvalue weighted by atomic mass is 10.0. The Labute approximate surface area is 110 Å². The van der Waals surface area contributed by atoms with Gasteiger partial charge in [-0.25, -0.2) is 0 Å². The summed E-state index contributed by atoms with van der Waals surface area (Å²) in [6, 6.07) is -0.285. The van der Waals surface area contributed by atoms with Gasteiger partial charge in [-0.05, 0) is 18.8 Å². The summed E-state index contributed by atoms with van der Waals surface area (Å²) in [5, 5.41) is 3.01. The van der Waals surface area contributed by atoms with Gasteiger partial charge in [0.2, 0.25) is 5.91 Å². The average molecular weight is 257 g/mol. The number of nitrogens with zero attached hydrogens (tertiary/aromatic N) is 1. The van der Waals surface area contributed by atoms with Crippen molar-refractivity contribution in [2.75, 3.05) is 33.4 Å². The van der Waals surface area contributed by atoms with Crippen LogP contribution in [0.5, 0.6) is 0 Å². The van der Waals surface area contributed by atoms with Crippen molar-refractivity contribution in [2.45, 2.75) is 38.8 Å². The van der Waals surface area contributed by atoms with Crippen molar-refractivity contribution in [3.05, 3.63) is 0 Å². The Hall–Kier alpha value is -0.650. The molecule has 0 spiro atoms. The highest BCUT2D eigenvalue weighted by atomic mass is 16.5. The fourth-order valence-electron chi connectivity index (χ4n) is 2.34. The fraction of sp³-hybridized carbons (Fsp3) is 0.923. The van der Waals surface area contributed by atoms with Crippen LogP contribution < -0.4 is 11.1 Å². The van der Waals surface area contributed by atoms with Gasteiger partial charge in [-0.1, -0.05) is 13.8 Å². The zero-order valence-electron chi connectivity index (χ0n) is 11.8. The highest BCUT2D eigenvalue weighted by Gasteiger charge is 2.23. The molecule has 0 saturated carbocycles. The molecule has 1 atom stereocenters. The summed E-state index contributed by atoms with van der Waals surface area (Å²) in [4.78, 5) is 14.2. The fourth-order valence-corrected chi connectivity index (χ4v) is 2.34. The Morgan fingerprint density at radius 1 is 1.44 bits per heavy atom. The summed E-state index contributed by atoms with van der Waals surface area (Å²) < 4.78 is 4.88. The van der Waals surface area contributed by atoms with Gasteiger partial charge >= 0.3 is 0 Å². The molecule has 1 unspecified atom stereocenters. The van der Waals surface area contributed by atoms with E-state index in [9.17, 15) is 4.79 Å². The first-order valence-corrected chi connectivity index (χ1v) is 6.80.